The average molecular weight is 553 g/mol. The number of hydrogen-bond acceptors (Lipinski definition) is 8. The first kappa shape index (κ1) is 26.7. The van der Waals surface area contributed by atoms with Gasteiger partial charge in [-0.25, -0.2) is 18.4 Å². The van der Waals surface area contributed by atoms with Crippen molar-refractivity contribution in [2.75, 3.05) is 30.1 Å². The second-order valence-corrected chi connectivity index (χ2v) is 11.1. The van der Waals surface area contributed by atoms with Crippen molar-refractivity contribution in [3.8, 4) is 22.4 Å². The van der Waals surface area contributed by atoms with Crippen molar-refractivity contribution in [2.45, 2.75) is 6.92 Å². The molecule has 0 bridgehead atoms. The van der Waals surface area contributed by atoms with Crippen molar-refractivity contribution in [2.24, 2.45) is 0 Å². The van der Waals surface area contributed by atoms with Crippen LogP contribution in [0.2, 0.25) is 0 Å². The summed E-state index contributed by atoms with van der Waals surface area (Å²) in [5, 5.41) is 7.28. The van der Waals surface area contributed by atoms with Crippen LogP contribution in [0.25, 0.3) is 22.4 Å². The molecule has 196 valence electrons. The zero-order valence-corrected chi connectivity index (χ0v) is 22.3. The van der Waals surface area contributed by atoms with E-state index < -0.39 is 21.8 Å². The number of aromatic nitrogens is 3. The first-order chi connectivity index (χ1) is 18.0. The smallest absolute Gasteiger partial charge is 0.253 e. The van der Waals surface area contributed by atoms with E-state index in [0.29, 0.717) is 16.6 Å². The van der Waals surface area contributed by atoms with Gasteiger partial charge in [0.25, 0.3) is 5.91 Å². The van der Waals surface area contributed by atoms with E-state index in [0.717, 1.165) is 26.9 Å². The van der Waals surface area contributed by atoms with Gasteiger partial charge < -0.3 is 15.5 Å². The first-order valence-corrected chi connectivity index (χ1v) is 14.0. The minimum absolute atomic E-state index is 0.119. The summed E-state index contributed by atoms with van der Waals surface area (Å²) in [5.41, 5.74) is 3.41. The largest absolute Gasteiger partial charge is 0.343 e. The molecule has 13 heteroatoms. The number of pyridine rings is 1. The number of amides is 3. The van der Waals surface area contributed by atoms with Crippen LogP contribution >= 0.6 is 11.3 Å². The van der Waals surface area contributed by atoms with Gasteiger partial charge in [-0.15, -0.1) is 11.3 Å². The molecule has 1 aromatic carbocycles. The third-order valence-electron chi connectivity index (χ3n) is 5.53. The summed E-state index contributed by atoms with van der Waals surface area (Å²) < 4.78 is 24.0. The van der Waals surface area contributed by atoms with E-state index in [2.05, 4.69) is 20.6 Å². The lowest BCUT2D eigenvalue weighted by Crippen LogP contribution is -2.32. The van der Waals surface area contributed by atoms with Crippen molar-refractivity contribution in [3.63, 3.8) is 0 Å². The van der Waals surface area contributed by atoms with Gasteiger partial charge in [0.2, 0.25) is 21.8 Å². The van der Waals surface area contributed by atoms with E-state index in [-0.39, 0.29) is 18.0 Å². The van der Waals surface area contributed by atoms with E-state index in [1.807, 2.05) is 41.8 Å². The van der Waals surface area contributed by atoms with Crippen molar-refractivity contribution >= 4 is 50.0 Å². The molecule has 0 saturated carbocycles. The molecular formula is C25H24N6O5S2. The summed E-state index contributed by atoms with van der Waals surface area (Å²) in [7, 11) is -1.84. The van der Waals surface area contributed by atoms with E-state index in [4.69, 9.17) is 0 Å². The van der Waals surface area contributed by atoms with Crippen molar-refractivity contribution in [1.29, 1.82) is 0 Å². The summed E-state index contributed by atoms with van der Waals surface area (Å²) in [5.74, 6) is -0.632. The Labute approximate surface area is 223 Å². The SMILES string of the molecule is CC(=O)N(C)c1cc(-c2cccc(-c3csc(NC(=O)CNC(=O)c4ccn(S(C)(=O)=O)c4)n3)c2)ccn1. The fourth-order valence-corrected chi connectivity index (χ4v) is 4.73. The first-order valence-electron chi connectivity index (χ1n) is 11.2. The highest BCUT2D eigenvalue weighted by molar-refractivity contribution is 7.89. The van der Waals surface area contributed by atoms with Gasteiger partial charge in [-0.1, -0.05) is 18.2 Å². The molecule has 0 aliphatic rings. The molecule has 4 aromatic rings. The van der Waals surface area contributed by atoms with Crippen LogP contribution in [-0.2, 0) is 19.6 Å². The average Bonchev–Trinajstić information content (AvgIpc) is 3.57. The van der Waals surface area contributed by atoms with Gasteiger partial charge in [0, 0.05) is 43.5 Å². The quantitative estimate of drug-likeness (QED) is 0.342. The molecule has 0 atom stereocenters. The summed E-state index contributed by atoms with van der Waals surface area (Å²) in [4.78, 5) is 46.5. The molecule has 3 aromatic heterocycles. The fraction of sp³-hybridized carbons (Fsp3) is 0.160. The Kier molecular flexibility index (Phi) is 7.69. The third-order valence-corrected chi connectivity index (χ3v) is 7.28. The zero-order valence-electron chi connectivity index (χ0n) is 20.7. The van der Waals surface area contributed by atoms with Crippen molar-refractivity contribution < 1.29 is 22.8 Å². The van der Waals surface area contributed by atoms with Gasteiger partial charge in [-0.3, -0.25) is 18.4 Å². The van der Waals surface area contributed by atoms with Gasteiger partial charge in [-0.2, -0.15) is 0 Å². The molecule has 2 N–H and O–H groups in total. The molecule has 3 heterocycles. The highest BCUT2D eigenvalue weighted by atomic mass is 32.2. The minimum atomic E-state index is -3.50. The van der Waals surface area contributed by atoms with Crippen LogP contribution < -0.4 is 15.5 Å². The molecule has 0 fully saturated rings. The molecule has 0 unspecified atom stereocenters. The van der Waals surface area contributed by atoms with Crippen LogP contribution in [0.1, 0.15) is 17.3 Å². The minimum Gasteiger partial charge on any atom is -0.343 e. The van der Waals surface area contributed by atoms with E-state index in [1.165, 1.54) is 41.6 Å². The number of carbonyl (C=O) groups is 3. The number of rotatable bonds is 8. The predicted molar refractivity (Wildman–Crippen MR) is 146 cm³/mol. The number of anilines is 2. The highest BCUT2D eigenvalue weighted by Gasteiger charge is 2.14. The lowest BCUT2D eigenvalue weighted by atomic mass is 10.0. The predicted octanol–water partition coefficient (Wildman–Crippen LogP) is 2.83. The van der Waals surface area contributed by atoms with Crippen molar-refractivity contribution in [1.82, 2.24) is 19.3 Å². The summed E-state index contributed by atoms with van der Waals surface area (Å²) in [6.07, 6.45) is 5.10. The summed E-state index contributed by atoms with van der Waals surface area (Å²) in [6, 6.07) is 12.7. The van der Waals surface area contributed by atoms with Crippen LogP contribution in [0, 0.1) is 0 Å². The van der Waals surface area contributed by atoms with Crippen LogP contribution in [0.5, 0.6) is 0 Å². The molecule has 0 radical (unpaired) electrons. The highest BCUT2D eigenvalue weighted by Crippen LogP contribution is 2.30. The van der Waals surface area contributed by atoms with Crippen LogP contribution in [0.3, 0.4) is 0 Å². The summed E-state index contributed by atoms with van der Waals surface area (Å²) in [6.45, 7) is 1.16. The Morgan fingerprint density at radius 2 is 1.82 bits per heavy atom. The standard InChI is InChI=1S/C25H24N6O5S2/c1-16(32)30(2)22-12-18(7-9-26-22)17-5-4-6-19(11-17)21-15-37-25(28-21)29-23(33)13-27-24(34)20-8-10-31(14-20)38(3,35)36/h4-12,14-15H,13H2,1-3H3,(H,27,34)(H,28,29,33). The maximum absolute atomic E-state index is 12.3. The van der Waals surface area contributed by atoms with E-state index in [9.17, 15) is 22.8 Å². The lowest BCUT2D eigenvalue weighted by Gasteiger charge is -2.14. The molecule has 4 rings (SSSR count). The normalized spacial score (nSPS) is 11.1. The number of carbonyl (C=O) groups excluding carboxylic acids is 3. The number of thiazole rings is 1. The van der Waals surface area contributed by atoms with Gasteiger partial charge in [0.05, 0.1) is 24.1 Å². The van der Waals surface area contributed by atoms with Crippen LogP contribution in [0.4, 0.5) is 10.9 Å². The Bertz CT molecular complexity index is 1630. The zero-order chi connectivity index (χ0) is 27.4. The van der Waals surface area contributed by atoms with Gasteiger partial charge in [0.1, 0.15) is 5.82 Å². The molecule has 11 nitrogen and oxygen atoms in total. The van der Waals surface area contributed by atoms with Gasteiger partial charge >= 0.3 is 0 Å². The number of benzene rings is 1. The van der Waals surface area contributed by atoms with Crippen molar-refractivity contribution in [3.05, 3.63) is 72.0 Å². The molecular weight excluding hydrogens is 528 g/mol. The number of hydrogen-bond donors (Lipinski definition) is 2. The Morgan fingerprint density at radius 1 is 1.08 bits per heavy atom. The maximum Gasteiger partial charge on any atom is 0.253 e. The number of nitrogens with zero attached hydrogens (tertiary/aromatic N) is 4. The second kappa shape index (κ2) is 10.9. The Morgan fingerprint density at radius 3 is 2.53 bits per heavy atom. The van der Waals surface area contributed by atoms with Crippen LogP contribution in [-0.4, -0.2) is 59.9 Å². The monoisotopic (exact) mass is 552 g/mol. The molecule has 0 saturated heterocycles. The molecule has 0 aliphatic heterocycles. The lowest BCUT2D eigenvalue weighted by molar-refractivity contribution is -0.116. The van der Waals surface area contributed by atoms with E-state index in [1.54, 1.807) is 13.2 Å². The Balaban J connectivity index is 1.40. The molecule has 3 amide bonds. The fourth-order valence-electron chi connectivity index (χ4n) is 3.41. The Hall–Kier alpha value is -4.36. The molecule has 0 spiro atoms. The molecule has 0 aliphatic carbocycles. The van der Waals surface area contributed by atoms with E-state index >= 15 is 0 Å². The summed E-state index contributed by atoms with van der Waals surface area (Å²) >= 11 is 1.24. The topological polar surface area (TPSA) is 143 Å². The number of nitrogens with one attached hydrogen (secondary N) is 2. The second-order valence-electron chi connectivity index (χ2n) is 8.32. The molecule has 38 heavy (non-hydrogen) atoms. The maximum atomic E-state index is 12.3. The van der Waals surface area contributed by atoms with Gasteiger partial charge in [0.15, 0.2) is 5.13 Å². The van der Waals surface area contributed by atoms with Gasteiger partial charge in [-0.05, 0) is 35.4 Å². The third kappa shape index (κ3) is 6.30. The van der Waals surface area contributed by atoms with Crippen LogP contribution in [0.15, 0.2) is 66.4 Å².